The zero-order valence-electron chi connectivity index (χ0n) is 45.0. The zero-order chi connectivity index (χ0) is 50.0. The van der Waals surface area contributed by atoms with Crippen LogP contribution < -0.4 is 0 Å². The van der Waals surface area contributed by atoms with Crippen LogP contribution in [0.2, 0.25) is 0 Å². The maximum absolute atomic E-state index is 12.9. The monoisotopic (exact) mass is 959 g/mol. The Hall–Kier alpha value is -3.67. The van der Waals surface area contributed by atoms with Gasteiger partial charge in [0.05, 0.1) is 0 Å². The standard InChI is InChI=1S/C63H106O6/c1-4-7-10-13-16-19-22-25-27-29-30-31-32-34-35-38-41-44-47-50-53-56-62(65)68-59-60(58-67-61(64)55-52-49-46-43-40-37-24-21-18-15-12-9-6-3)69-63(66)57-54-51-48-45-42-39-36-33-28-26-23-20-17-14-11-8-5-2/h7,9-10,12,16,18-19,21,25,27,30-31,34-35,37,40,60H,4-6,8,11,13-15,17,20,22-24,26,28-29,32-33,36,38-39,41-59H2,1-3H3/b10-7-,12-9-,19-16-,21-18-,27-25-,31-30-,35-34-,40-37-. The number of esters is 3. The molecule has 0 saturated heterocycles. The van der Waals surface area contributed by atoms with Gasteiger partial charge in [0.1, 0.15) is 13.2 Å². The van der Waals surface area contributed by atoms with E-state index in [2.05, 4.69) is 118 Å². The Morgan fingerprint density at radius 2 is 0.565 bits per heavy atom. The van der Waals surface area contributed by atoms with Crippen molar-refractivity contribution < 1.29 is 28.6 Å². The van der Waals surface area contributed by atoms with E-state index < -0.39 is 6.10 Å². The summed E-state index contributed by atoms with van der Waals surface area (Å²) in [5, 5.41) is 0. The minimum atomic E-state index is -0.797. The van der Waals surface area contributed by atoms with Gasteiger partial charge in [-0.1, -0.05) is 246 Å². The van der Waals surface area contributed by atoms with Crippen molar-refractivity contribution in [3.8, 4) is 0 Å². The van der Waals surface area contributed by atoms with Crippen molar-refractivity contribution in [1.29, 1.82) is 0 Å². The van der Waals surface area contributed by atoms with Crippen LogP contribution in [0.15, 0.2) is 97.2 Å². The summed E-state index contributed by atoms with van der Waals surface area (Å²) in [5.74, 6) is -0.937. The molecule has 69 heavy (non-hydrogen) atoms. The molecule has 0 aliphatic rings. The molecule has 0 aliphatic carbocycles. The molecule has 0 aliphatic heterocycles. The summed E-state index contributed by atoms with van der Waals surface area (Å²) >= 11 is 0. The van der Waals surface area contributed by atoms with Gasteiger partial charge < -0.3 is 14.2 Å². The molecule has 0 spiro atoms. The lowest BCUT2D eigenvalue weighted by Crippen LogP contribution is -2.30. The van der Waals surface area contributed by atoms with E-state index in [0.29, 0.717) is 19.3 Å². The third kappa shape index (κ3) is 55.1. The molecule has 0 heterocycles. The summed E-state index contributed by atoms with van der Waals surface area (Å²) in [6, 6.07) is 0. The van der Waals surface area contributed by atoms with Crippen LogP contribution in [-0.4, -0.2) is 37.2 Å². The molecular formula is C63H106O6. The quantitative estimate of drug-likeness (QED) is 0.0262. The molecular weight excluding hydrogens is 853 g/mol. The largest absolute Gasteiger partial charge is 0.462 e. The topological polar surface area (TPSA) is 78.9 Å². The van der Waals surface area contributed by atoms with Crippen LogP contribution in [0, 0.1) is 0 Å². The number of carbonyl (C=O) groups excluding carboxylic acids is 3. The van der Waals surface area contributed by atoms with Crippen LogP contribution in [0.25, 0.3) is 0 Å². The highest BCUT2D eigenvalue weighted by molar-refractivity contribution is 5.71. The summed E-state index contributed by atoms with van der Waals surface area (Å²) in [4.78, 5) is 38.1. The molecule has 394 valence electrons. The second kappa shape index (κ2) is 56.9. The Morgan fingerprint density at radius 1 is 0.304 bits per heavy atom. The van der Waals surface area contributed by atoms with Gasteiger partial charge in [-0.25, -0.2) is 0 Å². The van der Waals surface area contributed by atoms with Gasteiger partial charge >= 0.3 is 17.9 Å². The van der Waals surface area contributed by atoms with Crippen LogP contribution in [0.3, 0.4) is 0 Å². The van der Waals surface area contributed by atoms with E-state index in [9.17, 15) is 14.4 Å². The molecule has 0 aromatic heterocycles. The molecule has 0 aromatic rings. The highest BCUT2D eigenvalue weighted by Crippen LogP contribution is 2.16. The lowest BCUT2D eigenvalue weighted by molar-refractivity contribution is -0.167. The van der Waals surface area contributed by atoms with Gasteiger partial charge in [0.2, 0.25) is 0 Å². The lowest BCUT2D eigenvalue weighted by atomic mass is 10.0. The Bertz CT molecular complexity index is 1380. The first-order valence-corrected chi connectivity index (χ1v) is 28.7. The van der Waals surface area contributed by atoms with Crippen molar-refractivity contribution >= 4 is 17.9 Å². The first-order chi connectivity index (χ1) is 34.0. The highest BCUT2D eigenvalue weighted by atomic mass is 16.6. The molecule has 0 radical (unpaired) electrons. The molecule has 1 atom stereocenters. The second-order valence-corrected chi connectivity index (χ2v) is 18.8. The van der Waals surface area contributed by atoms with Gasteiger partial charge in [-0.05, 0) is 96.3 Å². The van der Waals surface area contributed by atoms with Crippen LogP contribution in [0.1, 0.15) is 265 Å². The van der Waals surface area contributed by atoms with Gasteiger partial charge in [-0.3, -0.25) is 14.4 Å². The zero-order valence-corrected chi connectivity index (χ0v) is 45.0. The Labute approximate surface area is 426 Å². The minimum Gasteiger partial charge on any atom is -0.462 e. The Balaban J connectivity index is 4.42. The van der Waals surface area contributed by atoms with E-state index in [0.717, 1.165) is 135 Å². The summed E-state index contributed by atoms with van der Waals surface area (Å²) in [6.07, 6.45) is 75.4. The number of rotatable bonds is 51. The van der Waals surface area contributed by atoms with E-state index in [1.165, 1.54) is 89.9 Å². The summed E-state index contributed by atoms with van der Waals surface area (Å²) in [6.45, 7) is 6.38. The van der Waals surface area contributed by atoms with Gasteiger partial charge in [0.15, 0.2) is 6.10 Å². The van der Waals surface area contributed by atoms with Gasteiger partial charge in [0.25, 0.3) is 0 Å². The van der Waals surface area contributed by atoms with Crippen LogP contribution in [0.4, 0.5) is 0 Å². The summed E-state index contributed by atoms with van der Waals surface area (Å²) < 4.78 is 16.8. The normalized spacial score (nSPS) is 12.8. The van der Waals surface area contributed by atoms with Crippen LogP contribution in [0.5, 0.6) is 0 Å². The van der Waals surface area contributed by atoms with Gasteiger partial charge in [0, 0.05) is 19.3 Å². The highest BCUT2D eigenvalue weighted by Gasteiger charge is 2.19. The fourth-order valence-electron chi connectivity index (χ4n) is 7.84. The van der Waals surface area contributed by atoms with Gasteiger partial charge in [-0.15, -0.1) is 0 Å². The average molecular weight is 960 g/mol. The van der Waals surface area contributed by atoms with E-state index in [-0.39, 0.29) is 31.1 Å². The first kappa shape index (κ1) is 65.3. The van der Waals surface area contributed by atoms with Crippen molar-refractivity contribution in [3.05, 3.63) is 97.2 Å². The van der Waals surface area contributed by atoms with Crippen LogP contribution >= 0.6 is 0 Å². The van der Waals surface area contributed by atoms with E-state index in [1.54, 1.807) is 0 Å². The Kier molecular flexibility index (Phi) is 53.9. The molecule has 0 fully saturated rings. The molecule has 6 nitrogen and oxygen atoms in total. The third-order valence-corrected chi connectivity index (χ3v) is 12.1. The van der Waals surface area contributed by atoms with Gasteiger partial charge in [-0.2, -0.15) is 0 Å². The molecule has 0 amide bonds. The van der Waals surface area contributed by atoms with E-state index in [4.69, 9.17) is 14.2 Å². The number of ether oxygens (including phenoxy) is 3. The van der Waals surface area contributed by atoms with Crippen molar-refractivity contribution in [2.24, 2.45) is 0 Å². The predicted molar refractivity (Wildman–Crippen MR) is 297 cm³/mol. The Morgan fingerprint density at radius 3 is 0.899 bits per heavy atom. The fourth-order valence-corrected chi connectivity index (χ4v) is 7.84. The molecule has 0 N–H and O–H groups in total. The van der Waals surface area contributed by atoms with E-state index >= 15 is 0 Å². The van der Waals surface area contributed by atoms with E-state index in [1.807, 2.05) is 0 Å². The maximum atomic E-state index is 12.9. The fraction of sp³-hybridized carbons (Fsp3) is 0.698. The number of hydrogen-bond donors (Lipinski definition) is 0. The SMILES string of the molecule is CC/C=C\C/C=C\C/C=C\C/C=C\C/C=C\CCCCCCCC(=O)OCC(COC(=O)CCCCC/C=C\C/C=C\C/C=C\CC)OC(=O)CCCCCCCCCCCCCCCCCCC. The smallest absolute Gasteiger partial charge is 0.306 e. The van der Waals surface area contributed by atoms with Crippen LogP contribution in [-0.2, 0) is 28.6 Å². The number of hydrogen-bond acceptors (Lipinski definition) is 6. The molecule has 6 heteroatoms. The number of carbonyl (C=O) groups is 3. The molecule has 0 bridgehead atoms. The first-order valence-electron chi connectivity index (χ1n) is 28.7. The second-order valence-electron chi connectivity index (χ2n) is 18.8. The molecule has 0 saturated carbocycles. The van der Waals surface area contributed by atoms with Crippen molar-refractivity contribution in [2.75, 3.05) is 13.2 Å². The van der Waals surface area contributed by atoms with Crippen molar-refractivity contribution in [2.45, 2.75) is 271 Å². The average Bonchev–Trinajstić information content (AvgIpc) is 3.35. The van der Waals surface area contributed by atoms with Crippen molar-refractivity contribution in [1.82, 2.24) is 0 Å². The third-order valence-electron chi connectivity index (χ3n) is 12.1. The number of unbranched alkanes of at least 4 members (excludes halogenated alkanes) is 24. The number of allylic oxidation sites excluding steroid dienone is 16. The molecule has 1 unspecified atom stereocenters. The summed E-state index contributed by atoms with van der Waals surface area (Å²) in [5.41, 5.74) is 0. The maximum Gasteiger partial charge on any atom is 0.306 e. The lowest BCUT2D eigenvalue weighted by Gasteiger charge is -2.18. The predicted octanol–water partition coefficient (Wildman–Crippen LogP) is 19.3. The van der Waals surface area contributed by atoms with Crippen molar-refractivity contribution in [3.63, 3.8) is 0 Å². The summed E-state index contributed by atoms with van der Waals surface area (Å²) in [7, 11) is 0. The minimum absolute atomic E-state index is 0.0961. The molecule has 0 aromatic carbocycles. The molecule has 0 rings (SSSR count).